The van der Waals surface area contributed by atoms with Crippen molar-refractivity contribution in [2.45, 2.75) is 26.8 Å². The summed E-state index contributed by atoms with van der Waals surface area (Å²) in [7, 11) is 0. The second kappa shape index (κ2) is 6.23. The molecule has 0 aliphatic heterocycles. The summed E-state index contributed by atoms with van der Waals surface area (Å²) in [4.78, 5) is 4.25. The van der Waals surface area contributed by atoms with Crippen LogP contribution in [0.2, 0.25) is 0 Å². The number of pyridine rings is 1. The number of nitrogens with zero attached hydrogens (tertiary/aromatic N) is 1. The van der Waals surface area contributed by atoms with Gasteiger partial charge in [-0.1, -0.05) is 24.3 Å². The van der Waals surface area contributed by atoms with Crippen molar-refractivity contribution >= 4 is 5.69 Å². The van der Waals surface area contributed by atoms with Gasteiger partial charge in [0.1, 0.15) is 0 Å². The third kappa shape index (κ3) is 3.47. The predicted octanol–water partition coefficient (Wildman–Crippen LogP) is 3.96. The van der Waals surface area contributed by atoms with Crippen molar-refractivity contribution in [3.05, 3.63) is 53.7 Å². The average Bonchev–Trinajstić information content (AvgIpc) is 2.42. The Morgan fingerprint density at radius 2 is 2.00 bits per heavy atom. The number of aryl methyl sites for hydroxylation is 1. The van der Waals surface area contributed by atoms with Gasteiger partial charge in [0, 0.05) is 12.1 Å². The zero-order valence-corrected chi connectivity index (χ0v) is 11.7. The van der Waals surface area contributed by atoms with Crippen LogP contribution in [0.3, 0.4) is 0 Å². The number of hydrogen-bond donors (Lipinski definition) is 1. The summed E-state index contributed by atoms with van der Waals surface area (Å²) in [6.07, 6.45) is 1.81. The number of hydrogen-bond acceptors (Lipinski definition) is 3. The predicted molar refractivity (Wildman–Crippen MR) is 78.6 cm³/mol. The lowest BCUT2D eigenvalue weighted by Crippen LogP contribution is -2.08. The Morgan fingerprint density at radius 3 is 2.63 bits per heavy atom. The molecule has 1 aromatic carbocycles. The van der Waals surface area contributed by atoms with E-state index in [1.807, 2.05) is 19.1 Å². The fraction of sp³-hybridized carbons (Fsp3) is 0.312. The SMILES string of the molecule is CCOc1ccc(NC(C)c2ccccc2C)cn1. The van der Waals surface area contributed by atoms with Gasteiger partial charge in [0.2, 0.25) is 5.88 Å². The van der Waals surface area contributed by atoms with Gasteiger partial charge in [-0.25, -0.2) is 4.98 Å². The van der Waals surface area contributed by atoms with Crippen LogP contribution in [-0.2, 0) is 0 Å². The van der Waals surface area contributed by atoms with E-state index in [2.05, 4.69) is 48.4 Å². The summed E-state index contributed by atoms with van der Waals surface area (Å²) in [6, 6.07) is 12.5. The fourth-order valence-corrected chi connectivity index (χ4v) is 2.10. The van der Waals surface area contributed by atoms with Gasteiger partial charge in [-0.05, 0) is 38.0 Å². The number of rotatable bonds is 5. The van der Waals surface area contributed by atoms with Crippen LogP contribution in [-0.4, -0.2) is 11.6 Å². The molecule has 2 rings (SSSR count). The van der Waals surface area contributed by atoms with Gasteiger partial charge in [0.15, 0.2) is 0 Å². The van der Waals surface area contributed by atoms with Crippen LogP contribution in [0.15, 0.2) is 42.6 Å². The highest BCUT2D eigenvalue weighted by atomic mass is 16.5. The number of benzene rings is 1. The summed E-state index contributed by atoms with van der Waals surface area (Å²) in [5, 5.41) is 3.45. The third-order valence-electron chi connectivity index (χ3n) is 3.07. The molecule has 0 fully saturated rings. The Kier molecular flexibility index (Phi) is 4.39. The molecule has 3 nitrogen and oxygen atoms in total. The Bertz CT molecular complexity index is 523. The van der Waals surface area contributed by atoms with Gasteiger partial charge in [-0.2, -0.15) is 0 Å². The first-order valence-corrected chi connectivity index (χ1v) is 6.61. The molecule has 0 amide bonds. The maximum atomic E-state index is 5.33. The minimum atomic E-state index is 0.251. The summed E-state index contributed by atoms with van der Waals surface area (Å²) < 4.78 is 5.33. The van der Waals surface area contributed by atoms with Gasteiger partial charge in [-0.3, -0.25) is 0 Å². The Balaban J connectivity index is 2.06. The maximum absolute atomic E-state index is 5.33. The lowest BCUT2D eigenvalue weighted by atomic mass is 10.0. The molecule has 2 aromatic rings. The molecular formula is C16H20N2O. The van der Waals surface area contributed by atoms with E-state index in [0.717, 1.165) is 5.69 Å². The van der Waals surface area contributed by atoms with Crippen LogP contribution in [0.1, 0.15) is 31.0 Å². The van der Waals surface area contributed by atoms with Gasteiger partial charge >= 0.3 is 0 Å². The number of anilines is 1. The molecule has 0 bridgehead atoms. The van der Waals surface area contributed by atoms with Crippen molar-refractivity contribution in [1.29, 1.82) is 0 Å². The average molecular weight is 256 g/mol. The Morgan fingerprint density at radius 1 is 1.21 bits per heavy atom. The molecule has 1 unspecified atom stereocenters. The Labute approximate surface area is 114 Å². The first-order chi connectivity index (χ1) is 9.20. The second-order valence-electron chi connectivity index (χ2n) is 4.54. The number of ether oxygens (including phenoxy) is 1. The molecule has 0 saturated heterocycles. The first kappa shape index (κ1) is 13.4. The van der Waals surface area contributed by atoms with E-state index in [9.17, 15) is 0 Å². The van der Waals surface area contributed by atoms with Crippen molar-refractivity contribution in [2.75, 3.05) is 11.9 Å². The van der Waals surface area contributed by atoms with Crippen LogP contribution in [0.5, 0.6) is 5.88 Å². The molecular weight excluding hydrogens is 236 g/mol. The van der Waals surface area contributed by atoms with Crippen LogP contribution in [0.25, 0.3) is 0 Å². The van der Waals surface area contributed by atoms with Crippen molar-refractivity contribution < 1.29 is 4.74 Å². The standard InChI is InChI=1S/C16H20N2O/c1-4-19-16-10-9-14(11-17-16)18-13(3)15-8-6-5-7-12(15)2/h5-11,13,18H,4H2,1-3H3. The van der Waals surface area contributed by atoms with E-state index in [-0.39, 0.29) is 6.04 Å². The zero-order valence-electron chi connectivity index (χ0n) is 11.7. The molecule has 0 spiro atoms. The highest BCUT2D eigenvalue weighted by Crippen LogP contribution is 2.22. The van der Waals surface area contributed by atoms with Gasteiger partial charge in [0.05, 0.1) is 18.5 Å². The second-order valence-corrected chi connectivity index (χ2v) is 4.54. The van der Waals surface area contributed by atoms with E-state index in [1.165, 1.54) is 11.1 Å². The molecule has 0 aliphatic rings. The highest BCUT2D eigenvalue weighted by molar-refractivity contribution is 5.45. The number of aromatic nitrogens is 1. The quantitative estimate of drug-likeness (QED) is 0.879. The van der Waals surface area contributed by atoms with Crippen molar-refractivity contribution in [3.63, 3.8) is 0 Å². The molecule has 0 aliphatic carbocycles. The first-order valence-electron chi connectivity index (χ1n) is 6.61. The monoisotopic (exact) mass is 256 g/mol. The van der Waals surface area contributed by atoms with Crippen LogP contribution >= 0.6 is 0 Å². The molecule has 100 valence electrons. The van der Waals surface area contributed by atoms with Crippen LogP contribution in [0.4, 0.5) is 5.69 Å². The Hall–Kier alpha value is -2.03. The maximum Gasteiger partial charge on any atom is 0.213 e. The minimum absolute atomic E-state index is 0.251. The molecule has 0 saturated carbocycles. The molecule has 0 radical (unpaired) electrons. The van der Waals surface area contributed by atoms with Crippen LogP contribution in [0, 0.1) is 6.92 Å². The smallest absolute Gasteiger partial charge is 0.213 e. The third-order valence-corrected chi connectivity index (χ3v) is 3.07. The topological polar surface area (TPSA) is 34.1 Å². The largest absolute Gasteiger partial charge is 0.478 e. The minimum Gasteiger partial charge on any atom is -0.478 e. The fourth-order valence-electron chi connectivity index (χ4n) is 2.10. The van der Waals surface area contributed by atoms with E-state index in [1.54, 1.807) is 6.20 Å². The molecule has 19 heavy (non-hydrogen) atoms. The van der Waals surface area contributed by atoms with Crippen molar-refractivity contribution in [2.24, 2.45) is 0 Å². The molecule has 1 N–H and O–H groups in total. The molecule has 1 aromatic heterocycles. The van der Waals surface area contributed by atoms with Gasteiger partial charge in [0.25, 0.3) is 0 Å². The molecule has 1 atom stereocenters. The molecule has 1 heterocycles. The molecule has 3 heteroatoms. The number of nitrogens with one attached hydrogen (secondary N) is 1. The van der Waals surface area contributed by atoms with E-state index < -0.39 is 0 Å². The summed E-state index contributed by atoms with van der Waals surface area (Å²) in [5.74, 6) is 0.664. The van der Waals surface area contributed by atoms with Gasteiger partial charge in [-0.15, -0.1) is 0 Å². The summed E-state index contributed by atoms with van der Waals surface area (Å²) >= 11 is 0. The highest BCUT2D eigenvalue weighted by Gasteiger charge is 2.07. The van der Waals surface area contributed by atoms with Crippen molar-refractivity contribution in [1.82, 2.24) is 4.98 Å². The van der Waals surface area contributed by atoms with Gasteiger partial charge < -0.3 is 10.1 Å². The summed E-state index contributed by atoms with van der Waals surface area (Å²) in [6.45, 7) is 6.87. The van der Waals surface area contributed by atoms with E-state index in [0.29, 0.717) is 12.5 Å². The van der Waals surface area contributed by atoms with Crippen molar-refractivity contribution in [3.8, 4) is 5.88 Å². The van der Waals surface area contributed by atoms with E-state index >= 15 is 0 Å². The lowest BCUT2D eigenvalue weighted by Gasteiger charge is -2.17. The van der Waals surface area contributed by atoms with E-state index in [4.69, 9.17) is 4.74 Å². The lowest BCUT2D eigenvalue weighted by molar-refractivity contribution is 0.327. The zero-order chi connectivity index (χ0) is 13.7. The normalized spacial score (nSPS) is 11.9. The van der Waals surface area contributed by atoms with Crippen LogP contribution < -0.4 is 10.1 Å². The summed E-state index contributed by atoms with van der Waals surface area (Å²) in [5.41, 5.74) is 3.59.